The highest BCUT2D eigenvalue weighted by molar-refractivity contribution is 7.09. The number of ether oxygens (including phenoxy) is 1. The van der Waals surface area contributed by atoms with E-state index in [0.29, 0.717) is 37.6 Å². The lowest BCUT2D eigenvalue weighted by molar-refractivity contribution is -0.132. The molecule has 0 saturated carbocycles. The predicted octanol–water partition coefficient (Wildman–Crippen LogP) is 5.03. The highest BCUT2D eigenvalue weighted by atomic mass is 32.1. The number of hydrogen-bond acceptors (Lipinski definition) is 7. The highest BCUT2D eigenvalue weighted by Gasteiger charge is 2.19. The van der Waals surface area contributed by atoms with E-state index in [9.17, 15) is 4.79 Å². The van der Waals surface area contributed by atoms with Crippen molar-refractivity contribution in [2.24, 2.45) is 0 Å². The number of methoxy groups -OCH3 is 1. The maximum Gasteiger partial charge on any atom is 0.227 e. The van der Waals surface area contributed by atoms with Gasteiger partial charge in [0, 0.05) is 40.8 Å². The van der Waals surface area contributed by atoms with Crippen LogP contribution in [0.1, 0.15) is 22.8 Å². The van der Waals surface area contributed by atoms with Crippen LogP contribution >= 0.6 is 22.7 Å². The van der Waals surface area contributed by atoms with E-state index in [4.69, 9.17) is 9.26 Å². The SMILES string of the molecule is COc1ccccc1CN(Cc1cccs1)C(=O)CCc1nc(-c2ccsc2)no1. The highest BCUT2D eigenvalue weighted by Crippen LogP contribution is 2.23. The summed E-state index contributed by atoms with van der Waals surface area (Å²) in [6, 6.07) is 13.8. The first kappa shape index (κ1) is 20.3. The Hall–Kier alpha value is -2.97. The van der Waals surface area contributed by atoms with Crippen molar-refractivity contribution in [3.63, 3.8) is 0 Å². The number of thiophene rings is 2. The van der Waals surface area contributed by atoms with Crippen LogP contribution < -0.4 is 4.74 Å². The zero-order valence-electron chi connectivity index (χ0n) is 16.5. The van der Waals surface area contributed by atoms with Gasteiger partial charge in [0.25, 0.3) is 0 Å². The van der Waals surface area contributed by atoms with Gasteiger partial charge in [-0.2, -0.15) is 16.3 Å². The molecule has 0 saturated heterocycles. The minimum absolute atomic E-state index is 0.0320. The lowest BCUT2D eigenvalue weighted by atomic mass is 10.1. The van der Waals surface area contributed by atoms with E-state index in [1.54, 1.807) is 29.8 Å². The predicted molar refractivity (Wildman–Crippen MR) is 117 cm³/mol. The second kappa shape index (κ2) is 9.69. The Morgan fingerprint density at radius 3 is 2.80 bits per heavy atom. The van der Waals surface area contributed by atoms with Gasteiger partial charge in [-0.25, -0.2) is 0 Å². The van der Waals surface area contributed by atoms with Crippen LogP contribution in [0.25, 0.3) is 11.4 Å². The van der Waals surface area contributed by atoms with Crippen LogP contribution in [0.5, 0.6) is 5.75 Å². The zero-order valence-corrected chi connectivity index (χ0v) is 18.1. The molecule has 0 aliphatic rings. The average Bonchev–Trinajstić information content (AvgIpc) is 3.54. The lowest BCUT2D eigenvalue weighted by Crippen LogP contribution is -2.30. The molecule has 4 rings (SSSR count). The standard InChI is InChI=1S/C22H21N3O3S2/c1-27-19-7-3-2-5-16(19)13-25(14-18-6-4-11-30-18)21(26)9-8-20-23-22(24-28-20)17-10-12-29-15-17/h2-7,10-12,15H,8-9,13-14H2,1H3. The number of carbonyl (C=O) groups is 1. The van der Waals surface area contributed by atoms with Crippen LogP contribution in [0.15, 0.2) is 63.1 Å². The maximum absolute atomic E-state index is 13.1. The normalized spacial score (nSPS) is 10.8. The number of para-hydroxylation sites is 1. The van der Waals surface area contributed by atoms with Crippen molar-refractivity contribution in [2.45, 2.75) is 25.9 Å². The van der Waals surface area contributed by atoms with Crippen molar-refractivity contribution in [1.29, 1.82) is 0 Å². The van der Waals surface area contributed by atoms with E-state index in [0.717, 1.165) is 21.8 Å². The van der Waals surface area contributed by atoms with Crippen LogP contribution in [0.3, 0.4) is 0 Å². The summed E-state index contributed by atoms with van der Waals surface area (Å²) in [6.45, 7) is 1.03. The van der Waals surface area contributed by atoms with E-state index in [2.05, 4.69) is 10.1 Å². The number of carbonyl (C=O) groups excluding carboxylic acids is 1. The van der Waals surface area contributed by atoms with Gasteiger partial charge in [0.2, 0.25) is 17.6 Å². The molecule has 3 aromatic heterocycles. The summed E-state index contributed by atoms with van der Waals surface area (Å²) in [7, 11) is 1.64. The smallest absolute Gasteiger partial charge is 0.227 e. The van der Waals surface area contributed by atoms with E-state index in [1.165, 1.54) is 0 Å². The Kier molecular flexibility index (Phi) is 6.56. The molecule has 3 heterocycles. The van der Waals surface area contributed by atoms with Gasteiger partial charge in [-0.1, -0.05) is 29.4 Å². The molecule has 6 nitrogen and oxygen atoms in total. The van der Waals surface area contributed by atoms with Crippen molar-refractivity contribution in [2.75, 3.05) is 7.11 Å². The molecule has 0 atom stereocenters. The van der Waals surface area contributed by atoms with Crippen molar-refractivity contribution in [3.05, 3.63) is 74.9 Å². The maximum atomic E-state index is 13.1. The van der Waals surface area contributed by atoms with Gasteiger partial charge in [0.15, 0.2) is 0 Å². The summed E-state index contributed by atoms with van der Waals surface area (Å²) in [6.07, 6.45) is 0.703. The quantitative estimate of drug-likeness (QED) is 0.366. The van der Waals surface area contributed by atoms with E-state index in [-0.39, 0.29) is 5.91 Å². The van der Waals surface area contributed by atoms with Crippen LogP contribution in [0.4, 0.5) is 0 Å². The summed E-state index contributed by atoms with van der Waals surface area (Å²) >= 11 is 3.22. The molecule has 0 bridgehead atoms. The van der Waals surface area contributed by atoms with Gasteiger partial charge < -0.3 is 14.2 Å². The molecule has 8 heteroatoms. The molecule has 30 heavy (non-hydrogen) atoms. The zero-order chi connectivity index (χ0) is 20.8. The van der Waals surface area contributed by atoms with Crippen molar-refractivity contribution < 1.29 is 14.1 Å². The topological polar surface area (TPSA) is 68.5 Å². The van der Waals surface area contributed by atoms with E-state index < -0.39 is 0 Å². The first-order valence-electron chi connectivity index (χ1n) is 9.50. The Bertz CT molecular complexity index is 1070. The Morgan fingerprint density at radius 1 is 1.13 bits per heavy atom. The van der Waals surface area contributed by atoms with Crippen LogP contribution in [0.2, 0.25) is 0 Å². The molecule has 0 radical (unpaired) electrons. The van der Waals surface area contributed by atoms with Crippen molar-refractivity contribution in [1.82, 2.24) is 15.0 Å². The van der Waals surface area contributed by atoms with Gasteiger partial charge in [-0.05, 0) is 29.0 Å². The molecule has 0 N–H and O–H groups in total. The minimum atomic E-state index is 0.0320. The molecule has 1 amide bonds. The Morgan fingerprint density at radius 2 is 2.03 bits per heavy atom. The fourth-order valence-corrected chi connectivity index (χ4v) is 4.45. The molecular weight excluding hydrogens is 418 g/mol. The molecule has 0 aliphatic carbocycles. The summed E-state index contributed by atoms with van der Waals surface area (Å²) in [5.74, 6) is 1.84. The van der Waals surface area contributed by atoms with Crippen LogP contribution in [-0.2, 0) is 24.3 Å². The fourth-order valence-electron chi connectivity index (χ4n) is 3.10. The number of benzene rings is 1. The minimum Gasteiger partial charge on any atom is -0.496 e. The van der Waals surface area contributed by atoms with Gasteiger partial charge in [-0.3, -0.25) is 4.79 Å². The lowest BCUT2D eigenvalue weighted by Gasteiger charge is -2.23. The first-order chi connectivity index (χ1) is 14.7. The third-order valence-electron chi connectivity index (χ3n) is 4.63. The molecule has 154 valence electrons. The summed E-state index contributed by atoms with van der Waals surface area (Å²) in [5.41, 5.74) is 1.90. The monoisotopic (exact) mass is 439 g/mol. The number of rotatable bonds is 9. The van der Waals surface area contributed by atoms with Gasteiger partial charge in [-0.15, -0.1) is 11.3 Å². The summed E-state index contributed by atoms with van der Waals surface area (Å²) in [4.78, 5) is 20.5. The second-order valence-electron chi connectivity index (χ2n) is 6.66. The molecule has 0 fully saturated rings. The third-order valence-corrected chi connectivity index (χ3v) is 6.18. The average molecular weight is 440 g/mol. The Labute approximate surface area is 182 Å². The summed E-state index contributed by atoms with van der Waals surface area (Å²) in [5, 5.41) is 9.97. The number of amides is 1. The number of aromatic nitrogens is 2. The molecular formula is C22H21N3O3S2. The largest absolute Gasteiger partial charge is 0.496 e. The molecule has 1 aromatic carbocycles. The third kappa shape index (κ3) is 4.95. The van der Waals surface area contributed by atoms with Crippen LogP contribution in [0, 0.1) is 0 Å². The van der Waals surface area contributed by atoms with Gasteiger partial charge >= 0.3 is 0 Å². The number of nitrogens with zero attached hydrogens (tertiary/aromatic N) is 3. The second-order valence-corrected chi connectivity index (χ2v) is 8.48. The van der Waals surface area contributed by atoms with Gasteiger partial charge in [0.1, 0.15) is 5.75 Å². The molecule has 0 spiro atoms. The van der Waals surface area contributed by atoms with Crippen molar-refractivity contribution >= 4 is 28.6 Å². The van der Waals surface area contributed by atoms with Crippen molar-refractivity contribution in [3.8, 4) is 17.1 Å². The fraction of sp³-hybridized carbons (Fsp3) is 0.227. The molecule has 0 aliphatic heterocycles. The Balaban J connectivity index is 1.45. The van der Waals surface area contributed by atoms with E-state index in [1.807, 2.05) is 63.5 Å². The molecule has 4 aromatic rings. The number of aryl methyl sites for hydroxylation is 1. The summed E-state index contributed by atoms with van der Waals surface area (Å²) < 4.78 is 10.8. The van der Waals surface area contributed by atoms with Gasteiger partial charge in [0.05, 0.1) is 13.7 Å². The van der Waals surface area contributed by atoms with Crippen LogP contribution in [-0.4, -0.2) is 28.1 Å². The number of hydrogen-bond donors (Lipinski definition) is 0. The molecule has 0 unspecified atom stereocenters. The van der Waals surface area contributed by atoms with E-state index >= 15 is 0 Å². The first-order valence-corrected chi connectivity index (χ1v) is 11.3.